The lowest BCUT2D eigenvalue weighted by atomic mass is 10.1. The van der Waals surface area contributed by atoms with E-state index in [0.29, 0.717) is 12.6 Å². The molecule has 1 aliphatic carbocycles. The maximum Gasteiger partial charge on any atom is 0.0764 e. The van der Waals surface area contributed by atoms with Gasteiger partial charge in [0.15, 0.2) is 0 Å². The van der Waals surface area contributed by atoms with Crippen molar-refractivity contribution in [3.05, 3.63) is 18.0 Å². The summed E-state index contributed by atoms with van der Waals surface area (Å²) < 4.78 is 1.99. The van der Waals surface area contributed by atoms with Gasteiger partial charge in [-0.15, -0.1) is 0 Å². The molecule has 0 radical (unpaired) electrons. The first-order valence-corrected chi connectivity index (χ1v) is 8.38. The molecule has 5 nitrogen and oxygen atoms in total. The molecule has 0 bridgehead atoms. The van der Waals surface area contributed by atoms with Gasteiger partial charge in [-0.1, -0.05) is 0 Å². The molecule has 1 atom stereocenters. The zero-order valence-electron chi connectivity index (χ0n) is 13.1. The largest absolute Gasteiger partial charge is 0.396 e. The number of hydrogen-bond acceptors (Lipinski definition) is 4. The van der Waals surface area contributed by atoms with Gasteiger partial charge in [-0.05, 0) is 38.2 Å². The van der Waals surface area contributed by atoms with Crippen LogP contribution < -0.4 is 0 Å². The molecule has 1 aromatic heterocycles. The van der Waals surface area contributed by atoms with Crippen molar-refractivity contribution in [3.63, 3.8) is 0 Å². The Morgan fingerprint density at radius 3 is 2.86 bits per heavy atom. The molecule has 118 valence electrons. The zero-order chi connectivity index (χ0) is 14.7. The fraction of sp³-hybridized carbons (Fsp3) is 0.812. The van der Waals surface area contributed by atoms with Crippen molar-refractivity contribution in [1.82, 2.24) is 19.6 Å². The van der Waals surface area contributed by atoms with E-state index >= 15 is 0 Å². The Morgan fingerprint density at radius 1 is 1.33 bits per heavy atom. The van der Waals surface area contributed by atoms with Crippen molar-refractivity contribution >= 4 is 0 Å². The zero-order valence-corrected chi connectivity index (χ0v) is 13.1. The van der Waals surface area contributed by atoms with E-state index in [-0.39, 0.29) is 0 Å². The molecule has 2 heterocycles. The van der Waals surface area contributed by atoms with Crippen LogP contribution in [-0.2, 0) is 13.1 Å². The molecule has 2 fully saturated rings. The van der Waals surface area contributed by atoms with Crippen molar-refractivity contribution in [2.45, 2.75) is 45.3 Å². The van der Waals surface area contributed by atoms with Crippen LogP contribution in [0, 0.1) is 5.92 Å². The Morgan fingerprint density at radius 2 is 2.19 bits per heavy atom. The second-order valence-electron chi connectivity index (χ2n) is 6.50. The Hall–Kier alpha value is -0.910. The van der Waals surface area contributed by atoms with Crippen LogP contribution in [0.2, 0.25) is 0 Å². The van der Waals surface area contributed by atoms with E-state index in [1.54, 1.807) is 0 Å². The highest BCUT2D eigenvalue weighted by Crippen LogP contribution is 2.31. The Kier molecular flexibility index (Phi) is 4.93. The van der Waals surface area contributed by atoms with Crippen LogP contribution in [0.1, 0.15) is 31.9 Å². The number of aryl methyl sites for hydroxylation is 1. The quantitative estimate of drug-likeness (QED) is 0.820. The predicted molar refractivity (Wildman–Crippen MR) is 83.0 cm³/mol. The van der Waals surface area contributed by atoms with Crippen LogP contribution >= 0.6 is 0 Å². The molecular formula is C16H28N4O. The highest BCUT2D eigenvalue weighted by atomic mass is 16.3. The van der Waals surface area contributed by atoms with Crippen molar-refractivity contribution in [2.24, 2.45) is 5.92 Å². The molecule has 5 heteroatoms. The van der Waals surface area contributed by atoms with Gasteiger partial charge < -0.3 is 5.11 Å². The topological polar surface area (TPSA) is 44.5 Å². The van der Waals surface area contributed by atoms with Gasteiger partial charge in [0.25, 0.3) is 0 Å². The third-order valence-electron chi connectivity index (χ3n) is 4.75. The highest BCUT2D eigenvalue weighted by Gasteiger charge is 2.31. The lowest BCUT2D eigenvalue weighted by Crippen LogP contribution is -2.53. The molecule has 0 aromatic carbocycles. The molecule has 1 saturated heterocycles. The molecule has 1 N–H and O–H groups in total. The SMILES string of the molecule is CCn1ccc(CN2CCN(CC3CC3)[C@H](CCO)C2)n1. The number of nitrogens with zero attached hydrogens (tertiary/aromatic N) is 4. The number of aromatic nitrogens is 2. The summed E-state index contributed by atoms with van der Waals surface area (Å²) in [5.41, 5.74) is 1.16. The van der Waals surface area contributed by atoms with Crippen LogP contribution in [0.3, 0.4) is 0 Å². The summed E-state index contributed by atoms with van der Waals surface area (Å²) in [6.45, 7) is 8.84. The van der Waals surface area contributed by atoms with Crippen molar-refractivity contribution < 1.29 is 5.11 Å². The standard InChI is InChI=1S/C16H28N4O/c1-2-20-7-5-15(17-20)12-18-8-9-19(11-14-3-4-14)16(13-18)6-10-21/h5,7,14,16,21H,2-4,6,8-13H2,1H3/t16-/m1/s1. The second-order valence-corrected chi connectivity index (χ2v) is 6.50. The average Bonchev–Trinajstić information content (AvgIpc) is 3.19. The lowest BCUT2D eigenvalue weighted by molar-refractivity contribution is 0.0515. The number of aliphatic hydroxyl groups is 1. The number of rotatable bonds is 7. The number of hydrogen-bond donors (Lipinski definition) is 1. The van der Waals surface area contributed by atoms with E-state index < -0.39 is 0 Å². The van der Waals surface area contributed by atoms with Gasteiger partial charge in [-0.25, -0.2) is 0 Å². The summed E-state index contributed by atoms with van der Waals surface area (Å²) in [6, 6.07) is 2.64. The Labute approximate surface area is 127 Å². The number of piperazine rings is 1. The van der Waals surface area contributed by atoms with Crippen LogP contribution in [0.15, 0.2) is 12.3 Å². The van der Waals surface area contributed by atoms with E-state index in [0.717, 1.165) is 50.8 Å². The highest BCUT2D eigenvalue weighted by molar-refractivity contribution is 5.00. The average molecular weight is 292 g/mol. The lowest BCUT2D eigenvalue weighted by Gasteiger charge is -2.41. The smallest absolute Gasteiger partial charge is 0.0764 e. The molecular weight excluding hydrogens is 264 g/mol. The molecule has 1 aromatic rings. The van der Waals surface area contributed by atoms with E-state index in [1.165, 1.54) is 19.4 Å². The predicted octanol–water partition coefficient (Wildman–Crippen LogP) is 1.18. The Balaban J connectivity index is 1.54. The summed E-state index contributed by atoms with van der Waals surface area (Å²) in [5, 5.41) is 13.9. The minimum absolute atomic E-state index is 0.296. The number of aliphatic hydroxyl groups excluding tert-OH is 1. The van der Waals surface area contributed by atoms with Gasteiger partial charge in [0, 0.05) is 58.1 Å². The molecule has 0 spiro atoms. The molecule has 1 aliphatic heterocycles. The second kappa shape index (κ2) is 6.90. The summed E-state index contributed by atoms with van der Waals surface area (Å²) in [4.78, 5) is 5.10. The summed E-state index contributed by atoms with van der Waals surface area (Å²) >= 11 is 0. The normalized spacial score (nSPS) is 24.6. The third kappa shape index (κ3) is 4.05. The molecule has 0 amide bonds. The summed E-state index contributed by atoms with van der Waals surface area (Å²) in [5.74, 6) is 0.929. The van der Waals surface area contributed by atoms with Crippen molar-refractivity contribution in [2.75, 3.05) is 32.8 Å². The fourth-order valence-electron chi connectivity index (χ4n) is 3.29. The maximum absolute atomic E-state index is 9.34. The first kappa shape index (κ1) is 15.0. The van der Waals surface area contributed by atoms with E-state index in [4.69, 9.17) is 0 Å². The summed E-state index contributed by atoms with van der Waals surface area (Å²) in [7, 11) is 0. The van der Waals surface area contributed by atoms with Gasteiger partial charge >= 0.3 is 0 Å². The van der Waals surface area contributed by atoms with E-state index in [2.05, 4.69) is 34.1 Å². The fourth-order valence-corrected chi connectivity index (χ4v) is 3.29. The van der Waals surface area contributed by atoms with Crippen LogP contribution in [0.4, 0.5) is 0 Å². The molecule has 0 unspecified atom stereocenters. The van der Waals surface area contributed by atoms with Gasteiger partial charge in [0.2, 0.25) is 0 Å². The van der Waals surface area contributed by atoms with Crippen LogP contribution in [0.25, 0.3) is 0 Å². The first-order valence-electron chi connectivity index (χ1n) is 8.38. The maximum atomic E-state index is 9.34. The van der Waals surface area contributed by atoms with Crippen molar-refractivity contribution in [3.8, 4) is 0 Å². The Bertz CT molecular complexity index is 443. The minimum Gasteiger partial charge on any atom is -0.396 e. The molecule has 21 heavy (non-hydrogen) atoms. The van der Waals surface area contributed by atoms with Gasteiger partial charge in [-0.3, -0.25) is 14.5 Å². The van der Waals surface area contributed by atoms with Crippen LogP contribution in [-0.4, -0.2) is 63.5 Å². The molecule has 2 aliphatic rings. The molecule has 1 saturated carbocycles. The van der Waals surface area contributed by atoms with Gasteiger partial charge in [0.1, 0.15) is 0 Å². The van der Waals surface area contributed by atoms with Crippen LogP contribution in [0.5, 0.6) is 0 Å². The monoisotopic (exact) mass is 292 g/mol. The molecule has 3 rings (SSSR count). The van der Waals surface area contributed by atoms with Gasteiger partial charge in [0.05, 0.1) is 5.69 Å². The van der Waals surface area contributed by atoms with E-state index in [1.807, 2.05) is 4.68 Å². The summed E-state index contributed by atoms with van der Waals surface area (Å²) in [6.07, 6.45) is 5.76. The van der Waals surface area contributed by atoms with Crippen molar-refractivity contribution in [1.29, 1.82) is 0 Å². The van der Waals surface area contributed by atoms with Gasteiger partial charge in [-0.2, -0.15) is 5.10 Å². The first-order chi connectivity index (χ1) is 10.3. The van der Waals surface area contributed by atoms with E-state index in [9.17, 15) is 5.11 Å². The minimum atomic E-state index is 0.296. The third-order valence-corrected chi connectivity index (χ3v) is 4.75.